The molecule has 7 nitrogen and oxygen atoms in total. The van der Waals surface area contributed by atoms with E-state index in [1.165, 1.54) is 0 Å². The molecule has 1 aliphatic rings. The molecule has 1 fully saturated rings. The van der Waals surface area contributed by atoms with E-state index < -0.39 is 0 Å². The smallest absolute Gasteiger partial charge is 0.290 e. The number of hydrogen-bond acceptors (Lipinski definition) is 6. The zero-order valence-electron chi connectivity index (χ0n) is 13.7. The molecular weight excluding hydrogens is 294 g/mol. The molecule has 124 valence electrons. The van der Waals surface area contributed by atoms with Crippen molar-refractivity contribution in [3.05, 3.63) is 28.5 Å². The average molecular weight is 317 g/mol. The molecule has 1 aromatic heterocycles. The Labute approximate surface area is 135 Å². The first-order valence-corrected chi connectivity index (χ1v) is 8.06. The predicted molar refractivity (Wildman–Crippen MR) is 88.3 cm³/mol. The largest absolute Gasteiger partial charge is 0.594 e. The number of nitrogens with one attached hydrogen (secondary N) is 1. The molecule has 3 rings (SSSR count). The predicted octanol–water partition coefficient (Wildman–Crippen LogP) is 1.01. The molecule has 2 aromatic rings. The number of fused-ring (bicyclic) bond motifs is 1. The zero-order valence-corrected chi connectivity index (χ0v) is 13.7. The second-order valence-electron chi connectivity index (χ2n) is 5.97. The molecule has 0 atom stereocenters. The highest BCUT2D eigenvalue weighted by Gasteiger charge is 2.13. The van der Waals surface area contributed by atoms with Crippen LogP contribution >= 0.6 is 0 Å². The van der Waals surface area contributed by atoms with Crippen molar-refractivity contribution in [3.63, 3.8) is 0 Å². The summed E-state index contributed by atoms with van der Waals surface area (Å²) < 4.78 is 5.33. The Morgan fingerprint density at radius 1 is 1.26 bits per heavy atom. The lowest BCUT2D eigenvalue weighted by molar-refractivity contribution is -0.641. The molecule has 7 heteroatoms. The average Bonchev–Trinajstić information content (AvgIpc) is 2.55. The maximum Gasteiger partial charge on any atom is 0.290 e. The van der Waals surface area contributed by atoms with Crippen LogP contribution in [0, 0.1) is 19.1 Å². The van der Waals surface area contributed by atoms with Crippen molar-refractivity contribution >= 4 is 17.0 Å². The monoisotopic (exact) mass is 317 g/mol. The van der Waals surface area contributed by atoms with Crippen LogP contribution in [0.1, 0.15) is 17.5 Å². The fraction of sp³-hybridized carbons (Fsp3) is 0.562. The Morgan fingerprint density at radius 2 is 2.00 bits per heavy atom. The highest BCUT2D eigenvalue weighted by Crippen LogP contribution is 2.15. The van der Waals surface area contributed by atoms with E-state index in [1.807, 2.05) is 26.0 Å². The molecule has 1 aromatic carbocycles. The van der Waals surface area contributed by atoms with Crippen LogP contribution in [0.3, 0.4) is 0 Å². The summed E-state index contributed by atoms with van der Waals surface area (Å²) in [6.07, 6.45) is 0.979. The first-order valence-electron chi connectivity index (χ1n) is 8.06. The van der Waals surface area contributed by atoms with Crippen LogP contribution in [0.5, 0.6) is 0 Å². The van der Waals surface area contributed by atoms with Crippen LogP contribution in [-0.2, 0) is 4.74 Å². The lowest BCUT2D eigenvalue weighted by atomic mass is 10.1. The van der Waals surface area contributed by atoms with Crippen molar-refractivity contribution < 1.29 is 9.58 Å². The molecule has 23 heavy (non-hydrogen) atoms. The van der Waals surface area contributed by atoms with Crippen molar-refractivity contribution in [1.29, 1.82) is 0 Å². The van der Waals surface area contributed by atoms with Gasteiger partial charge >= 0.3 is 0 Å². The van der Waals surface area contributed by atoms with E-state index in [0.717, 1.165) is 56.9 Å². The number of aromatic nitrogens is 3. The first-order chi connectivity index (χ1) is 11.1. The molecule has 0 unspecified atom stereocenters. The summed E-state index contributed by atoms with van der Waals surface area (Å²) in [5, 5.41) is 19.2. The van der Waals surface area contributed by atoms with Crippen LogP contribution in [0.15, 0.2) is 12.1 Å². The van der Waals surface area contributed by atoms with E-state index in [1.54, 1.807) is 0 Å². The van der Waals surface area contributed by atoms with Crippen molar-refractivity contribution in [2.24, 2.45) is 0 Å². The summed E-state index contributed by atoms with van der Waals surface area (Å²) in [5.74, 6) is 0.387. The highest BCUT2D eigenvalue weighted by atomic mass is 16.5. The summed E-state index contributed by atoms with van der Waals surface area (Å²) in [6.45, 7) is 9.37. The standard InChI is InChI=1S/C16H23N5O2/c1-12-10-14-15(11-13(12)2)21(22)19-16(18-14)17-4-3-5-20-6-8-23-9-7-20/h10-11H,3-9H2,1-2H3,(H,17,18,19). The van der Waals surface area contributed by atoms with Gasteiger partial charge in [0, 0.05) is 25.7 Å². The highest BCUT2D eigenvalue weighted by molar-refractivity contribution is 5.73. The van der Waals surface area contributed by atoms with Gasteiger partial charge in [-0.25, -0.2) is 4.98 Å². The molecule has 1 aliphatic heterocycles. The van der Waals surface area contributed by atoms with E-state index >= 15 is 0 Å². The number of nitrogens with zero attached hydrogens (tertiary/aromatic N) is 4. The molecule has 0 amide bonds. The second-order valence-corrected chi connectivity index (χ2v) is 5.97. The topological polar surface area (TPSA) is 77.2 Å². The van der Waals surface area contributed by atoms with E-state index in [2.05, 4.69) is 20.3 Å². The number of rotatable bonds is 5. The third-order valence-corrected chi connectivity index (χ3v) is 4.25. The first kappa shape index (κ1) is 15.9. The Bertz CT molecular complexity index is 686. The fourth-order valence-corrected chi connectivity index (χ4v) is 2.71. The Hall–Kier alpha value is -1.99. The molecule has 0 radical (unpaired) electrons. The molecule has 2 heterocycles. The van der Waals surface area contributed by atoms with Gasteiger partial charge in [-0.05, 0) is 48.9 Å². The molecule has 0 aliphatic carbocycles. The fourth-order valence-electron chi connectivity index (χ4n) is 2.71. The van der Waals surface area contributed by atoms with Gasteiger partial charge in [0.25, 0.3) is 11.5 Å². The molecule has 1 N–H and O–H groups in total. The third-order valence-electron chi connectivity index (χ3n) is 4.25. The minimum absolute atomic E-state index is 0.387. The van der Waals surface area contributed by atoms with E-state index in [9.17, 15) is 5.21 Å². The maximum atomic E-state index is 12.0. The van der Waals surface area contributed by atoms with Crippen LogP contribution in [0.25, 0.3) is 11.0 Å². The minimum atomic E-state index is 0.387. The number of anilines is 1. The van der Waals surface area contributed by atoms with E-state index in [4.69, 9.17) is 4.74 Å². The summed E-state index contributed by atoms with van der Waals surface area (Å²) in [5.41, 5.74) is 3.37. The SMILES string of the molecule is Cc1cc2nc(NCCCN3CCOCC3)n[n+]([O-])c2cc1C. The van der Waals surface area contributed by atoms with Gasteiger partial charge in [0.1, 0.15) is 5.52 Å². The molecule has 0 spiro atoms. The molecule has 0 saturated carbocycles. The number of morpholine rings is 1. The number of aryl methyl sites for hydroxylation is 2. The second kappa shape index (κ2) is 7.06. The van der Waals surface area contributed by atoms with Gasteiger partial charge in [-0.15, -0.1) is 0 Å². The van der Waals surface area contributed by atoms with Crippen LogP contribution in [-0.4, -0.2) is 54.4 Å². The Balaban J connectivity index is 1.60. The molecular formula is C16H23N5O2. The van der Waals surface area contributed by atoms with Crippen LogP contribution < -0.4 is 10.2 Å². The van der Waals surface area contributed by atoms with Crippen molar-refractivity contribution in [2.45, 2.75) is 20.3 Å². The van der Waals surface area contributed by atoms with Gasteiger partial charge in [-0.1, -0.05) is 0 Å². The van der Waals surface area contributed by atoms with Gasteiger partial charge in [0.15, 0.2) is 0 Å². The summed E-state index contributed by atoms with van der Waals surface area (Å²) >= 11 is 0. The zero-order chi connectivity index (χ0) is 16.2. The van der Waals surface area contributed by atoms with E-state index in [-0.39, 0.29) is 0 Å². The van der Waals surface area contributed by atoms with Crippen molar-refractivity contribution in [3.8, 4) is 0 Å². The Morgan fingerprint density at radius 3 is 2.78 bits per heavy atom. The van der Waals surface area contributed by atoms with Gasteiger partial charge in [-0.2, -0.15) is 0 Å². The van der Waals surface area contributed by atoms with E-state index in [0.29, 0.717) is 21.8 Å². The van der Waals surface area contributed by atoms with Gasteiger partial charge in [-0.3, -0.25) is 4.90 Å². The van der Waals surface area contributed by atoms with Crippen LogP contribution in [0.4, 0.5) is 5.95 Å². The quantitative estimate of drug-likeness (QED) is 0.504. The third kappa shape index (κ3) is 3.86. The van der Waals surface area contributed by atoms with Crippen molar-refractivity contribution in [2.75, 3.05) is 44.7 Å². The summed E-state index contributed by atoms with van der Waals surface area (Å²) in [4.78, 5) is 7.48. The van der Waals surface area contributed by atoms with Gasteiger partial charge < -0.3 is 15.3 Å². The maximum absolute atomic E-state index is 12.0. The summed E-state index contributed by atoms with van der Waals surface area (Å²) in [6, 6.07) is 3.76. The molecule has 0 bridgehead atoms. The summed E-state index contributed by atoms with van der Waals surface area (Å²) in [7, 11) is 0. The van der Waals surface area contributed by atoms with Crippen molar-refractivity contribution in [1.82, 2.24) is 15.0 Å². The molecule has 1 saturated heterocycles. The van der Waals surface area contributed by atoms with Gasteiger partial charge in [0.05, 0.1) is 18.3 Å². The van der Waals surface area contributed by atoms with Gasteiger partial charge in [0.2, 0.25) is 0 Å². The number of benzene rings is 1. The number of ether oxygens (including phenoxy) is 1. The number of hydrogen-bond donors (Lipinski definition) is 1. The van der Waals surface area contributed by atoms with Crippen LogP contribution in [0.2, 0.25) is 0 Å². The lowest BCUT2D eigenvalue weighted by Crippen LogP contribution is -2.37. The lowest BCUT2D eigenvalue weighted by Gasteiger charge is -2.26. The Kier molecular flexibility index (Phi) is 4.88. The minimum Gasteiger partial charge on any atom is -0.594 e. The normalized spacial score (nSPS) is 15.9.